The topological polar surface area (TPSA) is 83.5 Å². The molecule has 2 saturated heterocycles. The van der Waals surface area contributed by atoms with E-state index < -0.39 is 9.84 Å². The van der Waals surface area contributed by atoms with Gasteiger partial charge in [0, 0.05) is 44.3 Å². The Morgan fingerprint density at radius 3 is 2.43 bits per heavy atom. The number of nitrogens with zero attached hydrogens (tertiary/aromatic N) is 4. The summed E-state index contributed by atoms with van der Waals surface area (Å²) < 4.78 is 24.7. The zero-order valence-electron chi connectivity index (χ0n) is 17.4. The molecule has 1 amide bonds. The third-order valence-electron chi connectivity index (χ3n) is 5.80. The fraction of sp³-hybridized carbons (Fsp3) is 0.750. The van der Waals surface area contributed by atoms with Gasteiger partial charge >= 0.3 is 0 Å². The summed E-state index contributed by atoms with van der Waals surface area (Å²) in [5.41, 5.74) is 0.627. The first kappa shape index (κ1) is 21.0. The van der Waals surface area contributed by atoms with Crippen molar-refractivity contribution in [2.45, 2.75) is 57.3 Å². The van der Waals surface area contributed by atoms with Crippen molar-refractivity contribution in [1.82, 2.24) is 14.9 Å². The highest BCUT2D eigenvalue weighted by atomic mass is 32.2. The molecule has 0 spiro atoms. The number of carbonyl (C=O) groups is 1. The molecule has 0 radical (unpaired) electrons. The molecule has 0 aliphatic carbocycles. The molecule has 28 heavy (non-hydrogen) atoms. The van der Waals surface area contributed by atoms with E-state index in [4.69, 9.17) is 4.98 Å². The van der Waals surface area contributed by atoms with Crippen LogP contribution < -0.4 is 4.90 Å². The van der Waals surface area contributed by atoms with Gasteiger partial charge in [-0.05, 0) is 31.6 Å². The molecule has 8 heteroatoms. The summed E-state index contributed by atoms with van der Waals surface area (Å²) in [7, 11) is -3.41. The third-order valence-corrected chi connectivity index (χ3v) is 6.91. The molecule has 2 aliphatic heterocycles. The number of piperidine rings is 2. The van der Waals surface area contributed by atoms with Gasteiger partial charge < -0.3 is 9.80 Å². The van der Waals surface area contributed by atoms with E-state index in [1.165, 1.54) is 18.9 Å². The summed E-state index contributed by atoms with van der Waals surface area (Å²) in [4.78, 5) is 25.7. The molecule has 0 unspecified atom stereocenters. The predicted molar refractivity (Wildman–Crippen MR) is 109 cm³/mol. The Balaban J connectivity index is 1.86. The van der Waals surface area contributed by atoms with Crippen LogP contribution in [0.15, 0.2) is 11.1 Å². The molecule has 7 nitrogen and oxygen atoms in total. The van der Waals surface area contributed by atoms with Crippen molar-refractivity contribution in [2.75, 3.05) is 37.3 Å². The summed E-state index contributed by atoms with van der Waals surface area (Å²) in [5, 5.41) is 0. The Labute approximate surface area is 168 Å². The number of hydrogen-bond acceptors (Lipinski definition) is 6. The molecule has 156 valence electrons. The highest BCUT2D eigenvalue weighted by Crippen LogP contribution is 2.33. The minimum absolute atomic E-state index is 0.0186. The van der Waals surface area contributed by atoms with Crippen molar-refractivity contribution in [3.8, 4) is 0 Å². The highest BCUT2D eigenvalue weighted by molar-refractivity contribution is 7.90. The summed E-state index contributed by atoms with van der Waals surface area (Å²) >= 11 is 0. The van der Waals surface area contributed by atoms with Crippen LogP contribution in [0.1, 0.15) is 58.1 Å². The lowest BCUT2D eigenvalue weighted by molar-refractivity contribution is -0.135. The molecule has 1 aromatic rings. The van der Waals surface area contributed by atoms with E-state index in [0.29, 0.717) is 30.6 Å². The molecular weight excluding hydrogens is 376 g/mol. The van der Waals surface area contributed by atoms with Gasteiger partial charge in [0.15, 0.2) is 9.84 Å². The molecular formula is C20H32N4O3S. The van der Waals surface area contributed by atoms with Crippen LogP contribution in [0.2, 0.25) is 0 Å². The van der Waals surface area contributed by atoms with Gasteiger partial charge in [-0.25, -0.2) is 18.4 Å². The Morgan fingerprint density at radius 2 is 1.86 bits per heavy atom. The number of sulfone groups is 1. The second-order valence-corrected chi connectivity index (χ2v) is 10.6. The van der Waals surface area contributed by atoms with Gasteiger partial charge in [-0.15, -0.1) is 0 Å². The maximum atomic E-state index is 12.3. The van der Waals surface area contributed by atoms with Gasteiger partial charge in [0.05, 0.1) is 11.9 Å². The lowest BCUT2D eigenvalue weighted by atomic mass is 9.92. The van der Waals surface area contributed by atoms with E-state index in [-0.39, 0.29) is 22.6 Å². The molecule has 3 heterocycles. The lowest BCUT2D eigenvalue weighted by Gasteiger charge is -2.34. The summed E-state index contributed by atoms with van der Waals surface area (Å²) in [5.74, 6) is 1.39. The van der Waals surface area contributed by atoms with Crippen LogP contribution in [0.5, 0.6) is 0 Å². The summed E-state index contributed by atoms with van der Waals surface area (Å²) in [6.07, 6.45) is 6.46. The van der Waals surface area contributed by atoms with Crippen LogP contribution in [0.4, 0.5) is 5.95 Å². The second kappa shape index (κ2) is 8.35. The smallest absolute Gasteiger partial charge is 0.225 e. The molecule has 3 rings (SSSR count). The first-order chi connectivity index (χ1) is 13.2. The van der Waals surface area contributed by atoms with E-state index in [2.05, 4.69) is 16.8 Å². The molecule has 2 fully saturated rings. The van der Waals surface area contributed by atoms with E-state index in [9.17, 15) is 13.2 Å². The number of amides is 1. The van der Waals surface area contributed by atoms with Crippen molar-refractivity contribution < 1.29 is 13.2 Å². The van der Waals surface area contributed by atoms with E-state index >= 15 is 0 Å². The highest BCUT2D eigenvalue weighted by Gasteiger charge is 2.30. The average Bonchev–Trinajstić information content (AvgIpc) is 2.66. The third kappa shape index (κ3) is 4.64. The van der Waals surface area contributed by atoms with Gasteiger partial charge in [0.1, 0.15) is 4.90 Å². The standard InChI is InChI=1S/C20H32N4O3S/c1-14(2)19(25)23-10-7-16(8-11-23)18-17(28(4,26)27)12-21-20(22-18)24-9-5-6-15(3)13-24/h12,14-16H,5-11,13H2,1-4H3/t15-/m1/s1. The van der Waals surface area contributed by atoms with Gasteiger partial charge in [0.25, 0.3) is 0 Å². The minimum Gasteiger partial charge on any atom is -0.342 e. The zero-order valence-corrected chi connectivity index (χ0v) is 18.2. The number of hydrogen-bond donors (Lipinski definition) is 0. The van der Waals surface area contributed by atoms with Crippen LogP contribution in [0, 0.1) is 11.8 Å². The van der Waals surface area contributed by atoms with Crippen molar-refractivity contribution in [1.29, 1.82) is 0 Å². The first-order valence-corrected chi connectivity index (χ1v) is 12.2. The molecule has 0 bridgehead atoms. The quantitative estimate of drug-likeness (QED) is 0.761. The monoisotopic (exact) mass is 408 g/mol. The first-order valence-electron chi connectivity index (χ1n) is 10.3. The summed E-state index contributed by atoms with van der Waals surface area (Å²) in [6.45, 7) is 9.14. The lowest BCUT2D eigenvalue weighted by Crippen LogP contribution is -2.40. The second-order valence-electron chi connectivity index (χ2n) is 8.64. The number of aromatic nitrogens is 2. The number of likely N-dealkylation sites (tertiary alicyclic amines) is 1. The molecule has 1 atom stereocenters. The SMILES string of the molecule is CC(C)C(=O)N1CCC(c2nc(N3CCC[C@@H](C)C3)ncc2S(C)(=O)=O)CC1. The Morgan fingerprint density at radius 1 is 1.18 bits per heavy atom. The normalized spacial score (nSPS) is 22.0. The van der Waals surface area contributed by atoms with Gasteiger partial charge in [-0.2, -0.15) is 0 Å². The van der Waals surface area contributed by atoms with Crippen molar-refractivity contribution in [3.05, 3.63) is 11.9 Å². The maximum Gasteiger partial charge on any atom is 0.225 e. The molecule has 0 saturated carbocycles. The van der Waals surface area contributed by atoms with Gasteiger partial charge in [-0.3, -0.25) is 4.79 Å². The van der Waals surface area contributed by atoms with Crippen molar-refractivity contribution in [2.24, 2.45) is 11.8 Å². The Bertz CT molecular complexity index is 817. The molecule has 1 aromatic heterocycles. The van der Waals surface area contributed by atoms with E-state index in [1.807, 2.05) is 18.7 Å². The van der Waals surface area contributed by atoms with Crippen LogP contribution in [0.25, 0.3) is 0 Å². The number of carbonyl (C=O) groups excluding carboxylic acids is 1. The Kier molecular flexibility index (Phi) is 6.27. The summed E-state index contributed by atoms with van der Waals surface area (Å²) in [6, 6.07) is 0. The molecule has 2 aliphatic rings. The van der Waals surface area contributed by atoms with Crippen molar-refractivity contribution in [3.63, 3.8) is 0 Å². The fourth-order valence-electron chi connectivity index (χ4n) is 4.21. The van der Waals surface area contributed by atoms with E-state index in [0.717, 1.165) is 32.4 Å². The van der Waals surface area contributed by atoms with Gasteiger partial charge in [0.2, 0.25) is 11.9 Å². The van der Waals surface area contributed by atoms with Crippen LogP contribution >= 0.6 is 0 Å². The minimum atomic E-state index is -3.41. The average molecular weight is 409 g/mol. The van der Waals surface area contributed by atoms with Crippen LogP contribution in [-0.4, -0.2) is 61.6 Å². The van der Waals surface area contributed by atoms with Crippen molar-refractivity contribution >= 4 is 21.7 Å². The van der Waals surface area contributed by atoms with Crippen LogP contribution in [-0.2, 0) is 14.6 Å². The Hall–Kier alpha value is -1.70. The van der Waals surface area contributed by atoms with Crippen LogP contribution in [0.3, 0.4) is 0 Å². The molecule has 0 aromatic carbocycles. The fourth-order valence-corrected chi connectivity index (χ4v) is 5.05. The zero-order chi connectivity index (χ0) is 20.5. The largest absolute Gasteiger partial charge is 0.342 e. The van der Waals surface area contributed by atoms with Gasteiger partial charge in [-0.1, -0.05) is 20.8 Å². The molecule has 0 N–H and O–H groups in total. The maximum absolute atomic E-state index is 12.3. The number of rotatable bonds is 4. The predicted octanol–water partition coefficient (Wildman–Crippen LogP) is 2.48. The number of anilines is 1. The van der Waals surface area contributed by atoms with E-state index in [1.54, 1.807) is 0 Å².